The molecular formula is C24H24N2O2. The van der Waals surface area contributed by atoms with Crippen molar-refractivity contribution in [1.29, 1.82) is 0 Å². The summed E-state index contributed by atoms with van der Waals surface area (Å²) in [6.07, 6.45) is 1.01. The Hall–Kier alpha value is -3.40. The molecule has 3 aromatic rings. The molecule has 0 atom stereocenters. The van der Waals surface area contributed by atoms with Crippen LogP contribution in [-0.2, 0) is 11.2 Å². The molecule has 142 valence electrons. The molecule has 0 aliphatic heterocycles. The zero-order valence-electron chi connectivity index (χ0n) is 16.2. The lowest BCUT2D eigenvalue weighted by atomic mass is 10.1. The van der Waals surface area contributed by atoms with Gasteiger partial charge in [-0.1, -0.05) is 54.6 Å². The third-order valence-corrected chi connectivity index (χ3v) is 4.78. The highest BCUT2D eigenvalue weighted by Crippen LogP contribution is 2.21. The molecule has 0 unspecified atom stereocenters. The molecule has 0 fully saturated rings. The molecule has 28 heavy (non-hydrogen) atoms. The number of anilines is 2. The molecule has 3 rings (SSSR count). The van der Waals surface area contributed by atoms with Crippen molar-refractivity contribution in [3.63, 3.8) is 0 Å². The third kappa shape index (κ3) is 4.86. The van der Waals surface area contributed by atoms with Gasteiger partial charge in [0.2, 0.25) is 5.91 Å². The number of aryl methyl sites for hydroxylation is 2. The number of para-hydroxylation sites is 1. The number of amides is 2. The average Bonchev–Trinajstić information content (AvgIpc) is 2.71. The van der Waals surface area contributed by atoms with Crippen LogP contribution in [-0.4, -0.2) is 11.8 Å². The Morgan fingerprint density at radius 1 is 0.750 bits per heavy atom. The predicted molar refractivity (Wildman–Crippen MR) is 114 cm³/mol. The number of carbonyl (C=O) groups excluding carboxylic acids is 2. The highest BCUT2D eigenvalue weighted by Gasteiger charge is 2.14. The van der Waals surface area contributed by atoms with Crippen molar-refractivity contribution in [1.82, 2.24) is 0 Å². The van der Waals surface area contributed by atoms with E-state index in [4.69, 9.17) is 0 Å². The van der Waals surface area contributed by atoms with Crippen LogP contribution >= 0.6 is 0 Å². The van der Waals surface area contributed by atoms with Crippen LogP contribution in [0.3, 0.4) is 0 Å². The van der Waals surface area contributed by atoms with Crippen molar-refractivity contribution in [2.24, 2.45) is 0 Å². The summed E-state index contributed by atoms with van der Waals surface area (Å²) in [6, 6.07) is 22.7. The molecule has 2 N–H and O–H groups in total. The fourth-order valence-corrected chi connectivity index (χ4v) is 2.98. The molecule has 0 aromatic heterocycles. The zero-order chi connectivity index (χ0) is 19.9. The van der Waals surface area contributed by atoms with E-state index in [2.05, 4.69) is 10.6 Å². The number of rotatable bonds is 6. The van der Waals surface area contributed by atoms with Crippen LogP contribution < -0.4 is 10.6 Å². The van der Waals surface area contributed by atoms with Gasteiger partial charge in [-0.05, 0) is 55.2 Å². The summed E-state index contributed by atoms with van der Waals surface area (Å²) in [5, 5.41) is 5.82. The summed E-state index contributed by atoms with van der Waals surface area (Å²) in [5.41, 5.74) is 4.98. The summed E-state index contributed by atoms with van der Waals surface area (Å²) in [6.45, 7) is 3.98. The molecule has 0 radical (unpaired) electrons. The number of hydrogen-bond donors (Lipinski definition) is 2. The second-order valence-corrected chi connectivity index (χ2v) is 6.78. The van der Waals surface area contributed by atoms with E-state index < -0.39 is 0 Å². The normalized spacial score (nSPS) is 10.4. The van der Waals surface area contributed by atoms with Crippen molar-refractivity contribution in [2.75, 3.05) is 10.6 Å². The van der Waals surface area contributed by atoms with Crippen LogP contribution in [0.25, 0.3) is 0 Å². The maximum atomic E-state index is 12.8. The van der Waals surface area contributed by atoms with Crippen LogP contribution in [0.2, 0.25) is 0 Å². The van der Waals surface area contributed by atoms with Crippen LogP contribution in [0.15, 0.2) is 72.8 Å². The Labute approximate surface area is 165 Å². The topological polar surface area (TPSA) is 58.2 Å². The van der Waals surface area contributed by atoms with Gasteiger partial charge in [0.15, 0.2) is 0 Å². The molecule has 0 aliphatic rings. The third-order valence-electron chi connectivity index (χ3n) is 4.78. The van der Waals surface area contributed by atoms with E-state index in [-0.39, 0.29) is 11.8 Å². The monoisotopic (exact) mass is 372 g/mol. The van der Waals surface area contributed by atoms with Gasteiger partial charge < -0.3 is 10.6 Å². The predicted octanol–water partition coefficient (Wildman–Crippen LogP) is 5.13. The Morgan fingerprint density at radius 3 is 2.21 bits per heavy atom. The summed E-state index contributed by atoms with van der Waals surface area (Å²) in [4.78, 5) is 25.2. The number of nitrogens with one attached hydrogen (secondary N) is 2. The first-order valence-electron chi connectivity index (χ1n) is 9.35. The molecule has 2 amide bonds. The summed E-state index contributed by atoms with van der Waals surface area (Å²) in [7, 11) is 0. The molecule has 3 aromatic carbocycles. The first-order valence-corrected chi connectivity index (χ1v) is 9.35. The first-order chi connectivity index (χ1) is 13.5. The van der Waals surface area contributed by atoms with Crippen molar-refractivity contribution < 1.29 is 9.59 Å². The quantitative estimate of drug-likeness (QED) is 0.630. The first kappa shape index (κ1) is 19.4. The Kier molecular flexibility index (Phi) is 6.22. The fourth-order valence-electron chi connectivity index (χ4n) is 2.98. The van der Waals surface area contributed by atoms with Gasteiger partial charge in [0.25, 0.3) is 5.91 Å². The maximum absolute atomic E-state index is 12.8. The molecule has 4 nitrogen and oxygen atoms in total. The van der Waals surface area contributed by atoms with Crippen molar-refractivity contribution in [3.8, 4) is 0 Å². The SMILES string of the molecule is Cc1cccc(NC(=O)c2ccccc2NC(=O)CCc2ccccc2)c1C. The highest BCUT2D eigenvalue weighted by molar-refractivity contribution is 6.10. The molecule has 0 saturated carbocycles. The van der Waals surface area contributed by atoms with Gasteiger partial charge in [-0.15, -0.1) is 0 Å². The molecule has 0 heterocycles. The lowest BCUT2D eigenvalue weighted by Gasteiger charge is -2.13. The standard InChI is InChI=1S/C24H24N2O2/c1-17-9-8-14-21(18(17)2)26-24(28)20-12-6-7-13-22(20)25-23(27)16-15-19-10-4-3-5-11-19/h3-14H,15-16H2,1-2H3,(H,25,27)(H,26,28). The minimum Gasteiger partial charge on any atom is -0.325 e. The van der Waals surface area contributed by atoms with E-state index in [0.29, 0.717) is 24.1 Å². The van der Waals surface area contributed by atoms with E-state index in [1.54, 1.807) is 18.2 Å². The molecule has 0 aliphatic carbocycles. The Balaban J connectivity index is 1.69. The van der Waals surface area contributed by atoms with E-state index >= 15 is 0 Å². The van der Waals surface area contributed by atoms with Gasteiger partial charge in [-0.2, -0.15) is 0 Å². The van der Waals surface area contributed by atoms with Gasteiger partial charge >= 0.3 is 0 Å². The maximum Gasteiger partial charge on any atom is 0.257 e. The van der Waals surface area contributed by atoms with E-state index in [1.165, 1.54) is 0 Å². The Bertz CT molecular complexity index is 981. The summed E-state index contributed by atoms with van der Waals surface area (Å²) < 4.78 is 0. The highest BCUT2D eigenvalue weighted by atomic mass is 16.2. The van der Waals surface area contributed by atoms with Crippen molar-refractivity contribution in [2.45, 2.75) is 26.7 Å². The molecule has 4 heteroatoms. The Morgan fingerprint density at radius 2 is 1.43 bits per heavy atom. The van der Waals surface area contributed by atoms with E-state index in [1.807, 2.05) is 68.4 Å². The van der Waals surface area contributed by atoms with Crippen LogP contribution in [0.1, 0.15) is 33.5 Å². The minimum atomic E-state index is -0.243. The second kappa shape index (κ2) is 9.00. The molecule has 0 bridgehead atoms. The number of hydrogen-bond acceptors (Lipinski definition) is 2. The molecule has 0 spiro atoms. The lowest BCUT2D eigenvalue weighted by molar-refractivity contribution is -0.116. The van der Waals surface area contributed by atoms with E-state index in [9.17, 15) is 9.59 Å². The van der Waals surface area contributed by atoms with Gasteiger partial charge in [-0.3, -0.25) is 9.59 Å². The van der Waals surface area contributed by atoms with Crippen LogP contribution in [0.4, 0.5) is 11.4 Å². The summed E-state index contributed by atoms with van der Waals surface area (Å²) >= 11 is 0. The molecular weight excluding hydrogens is 348 g/mol. The van der Waals surface area contributed by atoms with Crippen molar-refractivity contribution >= 4 is 23.2 Å². The van der Waals surface area contributed by atoms with Crippen LogP contribution in [0.5, 0.6) is 0 Å². The smallest absolute Gasteiger partial charge is 0.257 e. The summed E-state index contributed by atoms with van der Waals surface area (Å²) in [5.74, 6) is -0.358. The number of benzene rings is 3. The fraction of sp³-hybridized carbons (Fsp3) is 0.167. The van der Waals surface area contributed by atoms with Gasteiger partial charge in [0, 0.05) is 12.1 Å². The minimum absolute atomic E-state index is 0.115. The van der Waals surface area contributed by atoms with Gasteiger partial charge in [0.05, 0.1) is 11.3 Å². The van der Waals surface area contributed by atoms with Gasteiger partial charge in [-0.25, -0.2) is 0 Å². The number of carbonyl (C=O) groups is 2. The average molecular weight is 372 g/mol. The lowest BCUT2D eigenvalue weighted by Crippen LogP contribution is -2.18. The largest absolute Gasteiger partial charge is 0.325 e. The van der Waals surface area contributed by atoms with E-state index in [0.717, 1.165) is 22.4 Å². The van der Waals surface area contributed by atoms with Crippen molar-refractivity contribution in [3.05, 3.63) is 95.1 Å². The van der Waals surface area contributed by atoms with Crippen LogP contribution in [0, 0.1) is 13.8 Å². The zero-order valence-corrected chi connectivity index (χ0v) is 16.2. The molecule has 0 saturated heterocycles. The second-order valence-electron chi connectivity index (χ2n) is 6.78. The van der Waals surface area contributed by atoms with Gasteiger partial charge in [0.1, 0.15) is 0 Å².